The number of hydrogen-bond donors (Lipinski definition) is 2. The number of halogens is 2. The van der Waals surface area contributed by atoms with Gasteiger partial charge in [0, 0.05) is 19.5 Å². The van der Waals surface area contributed by atoms with Crippen LogP contribution in [-0.4, -0.2) is 34.4 Å². The zero-order valence-corrected chi connectivity index (χ0v) is 17.8. The van der Waals surface area contributed by atoms with E-state index in [1.165, 1.54) is 13.1 Å². The Morgan fingerprint density at radius 3 is 2.52 bits per heavy atom. The molecule has 0 spiro atoms. The average Bonchev–Trinajstić information content (AvgIpc) is 2.63. The highest BCUT2D eigenvalue weighted by Crippen LogP contribution is 2.17. The number of ether oxygens (including phenoxy) is 1. The summed E-state index contributed by atoms with van der Waals surface area (Å²) in [7, 11) is 0. The number of anilines is 1. The quantitative estimate of drug-likeness (QED) is 0.696. The molecule has 2 N–H and O–H groups in total. The minimum atomic E-state index is -1.21. The van der Waals surface area contributed by atoms with Gasteiger partial charge in [0.25, 0.3) is 0 Å². The Bertz CT molecular complexity index is 973. The van der Waals surface area contributed by atoms with Crippen molar-refractivity contribution in [1.82, 2.24) is 10.3 Å². The van der Waals surface area contributed by atoms with E-state index in [1.807, 2.05) is 0 Å². The van der Waals surface area contributed by atoms with Crippen LogP contribution in [0.1, 0.15) is 39.0 Å². The number of ketones is 1. The largest absolute Gasteiger partial charge is 0.444 e. The lowest BCUT2D eigenvalue weighted by atomic mass is 9.98. The molecule has 2 aromatic rings. The molecule has 1 aromatic heterocycles. The lowest BCUT2D eigenvalue weighted by Gasteiger charge is -2.23. The number of rotatable bonds is 7. The Labute approximate surface area is 179 Å². The first kappa shape index (κ1) is 23.9. The van der Waals surface area contributed by atoms with E-state index >= 15 is 0 Å². The van der Waals surface area contributed by atoms with Gasteiger partial charge in [0.1, 0.15) is 17.2 Å². The third-order valence-electron chi connectivity index (χ3n) is 4.05. The molecule has 0 aliphatic carbocycles. The maximum atomic E-state index is 14.2. The van der Waals surface area contributed by atoms with Crippen LogP contribution in [0, 0.1) is 11.6 Å². The van der Waals surface area contributed by atoms with Crippen LogP contribution in [0.2, 0.25) is 0 Å². The highest BCUT2D eigenvalue weighted by molar-refractivity contribution is 5.93. The first-order valence-corrected chi connectivity index (χ1v) is 9.62. The van der Waals surface area contributed by atoms with Crippen molar-refractivity contribution in [2.75, 3.05) is 5.32 Å². The van der Waals surface area contributed by atoms with E-state index in [9.17, 15) is 23.2 Å². The number of nitrogens with one attached hydrogen (secondary N) is 2. The molecule has 1 heterocycles. The lowest BCUT2D eigenvalue weighted by molar-refractivity contribution is -0.120. The Hall–Kier alpha value is -3.36. The maximum Gasteiger partial charge on any atom is 0.408 e. The van der Waals surface area contributed by atoms with E-state index < -0.39 is 35.2 Å². The fourth-order valence-corrected chi connectivity index (χ4v) is 2.79. The highest BCUT2D eigenvalue weighted by atomic mass is 19.1. The van der Waals surface area contributed by atoms with Crippen LogP contribution in [0.4, 0.5) is 19.3 Å². The van der Waals surface area contributed by atoms with Gasteiger partial charge in [-0.15, -0.1) is 0 Å². The molecule has 0 fully saturated rings. The van der Waals surface area contributed by atoms with Crippen molar-refractivity contribution in [2.45, 2.75) is 52.2 Å². The van der Waals surface area contributed by atoms with Crippen LogP contribution in [0.3, 0.4) is 0 Å². The molecule has 7 nitrogen and oxygen atoms in total. The van der Waals surface area contributed by atoms with E-state index in [0.29, 0.717) is 5.69 Å². The SMILES string of the molecule is CC(=O)Nc1cccnc1CC(=O)[C@@H](Cc1cc(F)ccc1F)NC(=O)OC(C)(C)C. The molecule has 2 amide bonds. The van der Waals surface area contributed by atoms with Crippen LogP contribution in [0.15, 0.2) is 36.5 Å². The zero-order valence-electron chi connectivity index (χ0n) is 17.8. The molecule has 0 aliphatic heterocycles. The van der Waals surface area contributed by atoms with Gasteiger partial charge in [-0.25, -0.2) is 13.6 Å². The summed E-state index contributed by atoms with van der Waals surface area (Å²) in [6, 6.07) is 4.85. The van der Waals surface area contributed by atoms with E-state index in [-0.39, 0.29) is 30.0 Å². The third-order valence-corrected chi connectivity index (χ3v) is 4.05. The molecular weight excluding hydrogens is 408 g/mol. The first-order valence-electron chi connectivity index (χ1n) is 9.62. The van der Waals surface area contributed by atoms with Gasteiger partial charge in [-0.3, -0.25) is 14.6 Å². The van der Waals surface area contributed by atoms with Crippen molar-refractivity contribution in [1.29, 1.82) is 0 Å². The molecule has 9 heteroatoms. The Balaban J connectivity index is 2.28. The van der Waals surface area contributed by atoms with E-state index in [1.54, 1.807) is 32.9 Å². The molecule has 2 rings (SSSR count). The number of alkyl carbamates (subject to hydrolysis) is 1. The summed E-state index contributed by atoms with van der Waals surface area (Å²) < 4.78 is 32.9. The number of pyridine rings is 1. The number of nitrogens with zero attached hydrogens (tertiary/aromatic N) is 1. The first-order chi connectivity index (χ1) is 14.4. The number of carbonyl (C=O) groups is 3. The number of hydrogen-bond acceptors (Lipinski definition) is 5. The normalized spacial score (nSPS) is 12.1. The fourth-order valence-electron chi connectivity index (χ4n) is 2.79. The van der Waals surface area contributed by atoms with Crippen molar-refractivity contribution >= 4 is 23.5 Å². The summed E-state index contributed by atoms with van der Waals surface area (Å²) >= 11 is 0. The molecule has 0 saturated heterocycles. The predicted octanol–water partition coefficient (Wildman–Crippen LogP) is 3.57. The minimum absolute atomic E-state index is 0.0717. The van der Waals surface area contributed by atoms with Crippen LogP contribution in [0.25, 0.3) is 0 Å². The van der Waals surface area contributed by atoms with E-state index in [0.717, 1.165) is 18.2 Å². The van der Waals surface area contributed by atoms with Crippen molar-refractivity contribution in [3.8, 4) is 0 Å². The van der Waals surface area contributed by atoms with Crippen LogP contribution in [0.5, 0.6) is 0 Å². The second-order valence-electron chi connectivity index (χ2n) is 7.96. The Morgan fingerprint density at radius 2 is 1.87 bits per heavy atom. The summed E-state index contributed by atoms with van der Waals surface area (Å²) in [5.41, 5.74) is -0.270. The Kier molecular flexibility index (Phi) is 7.79. The van der Waals surface area contributed by atoms with E-state index in [2.05, 4.69) is 15.6 Å². The third kappa shape index (κ3) is 7.76. The van der Waals surface area contributed by atoms with Gasteiger partial charge in [0.05, 0.1) is 23.8 Å². The predicted molar refractivity (Wildman–Crippen MR) is 110 cm³/mol. The fraction of sp³-hybridized carbons (Fsp3) is 0.364. The van der Waals surface area contributed by atoms with Gasteiger partial charge in [0.2, 0.25) is 5.91 Å². The van der Waals surface area contributed by atoms with Crippen LogP contribution >= 0.6 is 0 Å². The summed E-state index contributed by atoms with van der Waals surface area (Å²) in [5, 5.41) is 5.01. The number of Topliss-reactive ketones (excluding diaryl/α,β-unsaturated/α-hetero) is 1. The number of carbonyl (C=O) groups excluding carboxylic acids is 3. The second kappa shape index (κ2) is 10.1. The molecule has 1 atom stereocenters. The van der Waals surface area contributed by atoms with Crippen molar-refractivity contribution in [2.24, 2.45) is 0 Å². The van der Waals surface area contributed by atoms with Crippen molar-refractivity contribution in [3.63, 3.8) is 0 Å². The molecule has 0 saturated carbocycles. The number of aromatic nitrogens is 1. The molecule has 31 heavy (non-hydrogen) atoms. The topological polar surface area (TPSA) is 97.4 Å². The van der Waals surface area contributed by atoms with Gasteiger partial charge >= 0.3 is 6.09 Å². The van der Waals surface area contributed by atoms with E-state index in [4.69, 9.17) is 4.74 Å². The van der Waals surface area contributed by atoms with Crippen LogP contribution in [-0.2, 0) is 27.2 Å². The zero-order chi connectivity index (χ0) is 23.2. The standard InChI is InChI=1S/C22H25F2N3O4/c1-13(28)26-17-6-5-9-25-18(17)12-20(29)19(27-21(30)31-22(2,3)4)11-14-10-15(23)7-8-16(14)24/h5-10,19H,11-12H2,1-4H3,(H,26,28)(H,27,30)/t19-/m1/s1. The molecule has 0 unspecified atom stereocenters. The lowest BCUT2D eigenvalue weighted by Crippen LogP contribution is -2.45. The van der Waals surface area contributed by atoms with Gasteiger partial charge in [-0.05, 0) is 56.7 Å². The van der Waals surface area contributed by atoms with Gasteiger partial charge in [0.15, 0.2) is 5.78 Å². The van der Waals surface area contributed by atoms with Gasteiger partial charge < -0.3 is 15.4 Å². The number of benzene rings is 1. The minimum Gasteiger partial charge on any atom is -0.444 e. The molecular formula is C22H25F2N3O4. The summed E-state index contributed by atoms with van der Waals surface area (Å²) in [4.78, 5) is 40.8. The average molecular weight is 433 g/mol. The van der Waals surface area contributed by atoms with Gasteiger partial charge in [-0.2, -0.15) is 0 Å². The molecule has 166 valence electrons. The summed E-state index contributed by atoms with van der Waals surface area (Å²) in [6.07, 6.45) is 0.0413. The second-order valence-corrected chi connectivity index (χ2v) is 7.96. The van der Waals surface area contributed by atoms with Crippen molar-refractivity contribution < 1.29 is 27.9 Å². The van der Waals surface area contributed by atoms with Crippen LogP contribution < -0.4 is 10.6 Å². The molecule has 0 bridgehead atoms. The summed E-state index contributed by atoms with van der Waals surface area (Å²) in [6.45, 7) is 6.29. The molecule has 1 aromatic carbocycles. The highest BCUT2D eigenvalue weighted by Gasteiger charge is 2.27. The Morgan fingerprint density at radius 1 is 1.16 bits per heavy atom. The molecule has 0 radical (unpaired) electrons. The summed E-state index contributed by atoms with van der Waals surface area (Å²) in [5.74, 6) is -2.23. The number of amides is 2. The maximum absolute atomic E-state index is 14.2. The van der Waals surface area contributed by atoms with Crippen molar-refractivity contribution in [3.05, 3.63) is 59.4 Å². The smallest absolute Gasteiger partial charge is 0.408 e. The van der Waals surface area contributed by atoms with Gasteiger partial charge in [-0.1, -0.05) is 0 Å². The monoisotopic (exact) mass is 433 g/mol. The molecule has 0 aliphatic rings.